The maximum atomic E-state index is 14.1. The highest BCUT2D eigenvalue weighted by atomic mass is 31.2. The predicted octanol–water partition coefficient (Wildman–Crippen LogP) is 5.71. The molecule has 4 rings (SSSR count). The SMILES string of the molecule is CC(C)(C)N1C[C@]23CC[C@H](C[C@H]2O[P@]1(=O)Cc1ccccc1)C3(C)C. The summed E-state index contributed by atoms with van der Waals surface area (Å²) in [6.07, 6.45) is 4.28. The van der Waals surface area contributed by atoms with E-state index in [1.54, 1.807) is 0 Å². The molecule has 25 heavy (non-hydrogen) atoms. The molecule has 2 aliphatic carbocycles. The van der Waals surface area contributed by atoms with Gasteiger partial charge in [-0.1, -0.05) is 44.2 Å². The summed E-state index contributed by atoms with van der Waals surface area (Å²) in [6.45, 7) is 12.3. The van der Waals surface area contributed by atoms with Crippen molar-refractivity contribution in [2.24, 2.45) is 16.7 Å². The van der Waals surface area contributed by atoms with E-state index in [2.05, 4.69) is 51.4 Å². The number of nitrogens with zero attached hydrogens (tertiary/aromatic N) is 1. The fraction of sp³-hybridized carbons (Fsp3) is 0.714. The number of hydrogen-bond acceptors (Lipinski definition) is 2. The van der Waals surface area contributed by atoms with Gasteiger partial charge in [0.15, 0.2) is 0 Å². The lowest BCUT2D eigenvalue weighted by Gasteiger charge is -2.55. The van der Waals surface area contributed by atoms with Gasteiger partial charge in [0.2, 0.25) is 0 Å². The standard InChI is InChI=1S/C21H32NO2P/c1-19(2,3)22-15-21-12-11-17(20(21,4)5)13-18(21)24-25(22,23)14-16-9-7-6-8-10-16/h6-10,17-18H,11-15H2,1-5H3/t17-,18-,21-,25-/m1/s1. The Morgan fingerprint density at radius 2 is 1.92 bits per heavy atom. The summed E-state index contributed by atoms with van der Waals surface area (Å²) in [7, 11) is -2.90. The molecule has 0 unspecified atom stereocenters. The minimum Gasteiger partial charge on any atom is -0.313 e. The quantitative estimate of drug-likeness (QED) is 0.632. The van der Waals surface area contributed by atoms with Gasteiger partial charge in [-0.25, -0.2) is 4.67 Å². The van der Waals surface area contributed by atoms with Crippen LogP contribution in [0.3, 0.4) is 0 Å². The largest absolute Gasteiger partial charge is 0.313 e. The minimum absolute atomic E-state index is 0.161. The van der Waals surface area contributed by atoms with Crippen molar-refractivity contribution in [3.8, 4) is 0 Å². The third kappa shape index (κ3) is 2.50. The molecular formula is C21H32NO2P. The van der Waals surface area contributed by atoms with Crippen molar-refractivity contribution in [1.29, 1.82) is 0 Å². The molecule has 1 heterocycles. The average molecular weight is 361 g/mol. The van der Waals surface area contributed by atoms with Gasteiger partial charge in [0.25, 0.3) is 7.52 Å². The van der Waals surface area contributed by atoms with E-state index in [9.17, 15) is 4.57 Å². The van der Waals surface area contributed by atoms with Gasteiger partial charge in [0.1, 0.15) is 0 Å². The lowest BCUT2D eigenvalue weighted by Crippen LogP contribution is -2.56. The van der Waals surface area contributed by atoms with Gasteiger partial charge in [-0.2, -0.15) is 0 Å². The molecule has 1 aliphatic heterocycles. The number of hydrogen-bond donors (Lipinski definition) is 0. The van der Waals surface area contributed by atoms with Crippen LogP contribution in [-0.4, -0.2) is 22.9 Å². The fourth-order valence-corrected chi connectivity index (χ4v) is 8.88. The van der Waals surface area contributed by atoms with Crippen molar-refractivity contribution in [3.05, 3.63) is 35.9 Å². The molecule has 3 fully saturated rings. The van der Waals surface area contributed by atoms with Crippen LogP contribution in [-0.2, 0) is 15.3 Å². The summed E-state index contributed by atoms with van der Waals surface area (Å²) in [5.74, 6) is 0.711. The number of benzene rings is 1. The maximum Gasteiger partial charge on any atom is 0.277 e. The van der Waals surface area contributed by atoms with Crippen LogP contribution < -0.4 is 0 Å². The molecule has 3 aliphatic rings. The molecule has 138 valence electrons. The van der Waals surface area contributed by atoms with E-state index in [0.29, 0.717) is 12.1 Å². The van der Waals surface area contributed by atoms with Crippen LogP contribution in [0.25, 0.3) is 0 Å². The highest BCUT2D eigenvalue weighted by molar-refractivity contribution is 7.55. The van der Waals surface area contributed by atoms with Gasteiger partial charge in [0, 0.05) is 17.5 Å². The zero-order chi connectivity index (χ0) is 18.1. The summed E-state index contributed by atoms with van der Waals surface area (Å²) < 4.78 is 22.9. The Morgan fingerprint density at radius 3 is 2.52 bits per heavy atom. The Kier molecular flexibility index (Phi) is 3.87. The molecule has 1 spiro atoms. The average Bonchev–Trinajstić information content (AvgIpc) is 2.87. The lowest BCUT2D eigenvalue weighted by atomic mass is 9.68. The van der Waals surface area contributed by atoms with Crippen LogP contribution in [0, 0.1) is 16.7 Å². The summed E-state index contributed by atoms with van der Waals surface area (Å²) in [6, 6.07) is 10.2. The highest BCUT2D eigenvalue weighted by Gasteiger charge is 2.69. The molecule has 2 bridgehead atoms. The van der Waals surface area contributed by atoms with E-state index in [0.717, 1.165) is 18.5 Å². The molecule has 0 radical (unpaired) electrons. The molecule has 0 N–H and O–H groups in total. The molecule has 0 amide bonds. The molecule has 3 nitrogen and oxygen atoms in total. The highest BCUT2D eigenvalue weighted by Crippen LogP contribution is 2.75. The second-order valence-electron chi connectivity index (χ2n) is 9.95. The van der Waals surface area contributed by atoms with E-state index < -0.39 is 7.52 Å². The van der Waals surface area contributed by atoms with E-state index in [-0.39, 0.29) is 22.5 Å². The van der Waals surface area contributed by atoms with Crippen LogP contribution in [0.5, 0.6) is 0 Å². The fourth-order valence-electron chi connectivity index (χ4n) is 5.78. The van der Waals surface area contributed by atoms with Crippen LogP contribution in [0.1, 0.15) is 59.4 Å². The zero-order valence-electron chi connectivity index (χ0n) is 16.3. The van der Waals surface area contributed by atoms with Crippen LogP contribution >= 0.6 is 7.52 Å². The third-order valence-electron chi connectivity index (χ3n) is 7.45. The van der Waals surface area contributed by atoms with E-state index >= 15 is 0 Å². The van der Waals surface area contributed by atoms with Gasteiger partial charge < -0.3 is 4.52 Å². The summed E-state index contributed by atoms with van der Waals surface area (Å²) in [4.78, 5) is 0. The van der Waals surface area contributed by atoms with Gasteiger partial charge in [-0.15, -0.1) is 0 Å². The van der Waals surface area contributed by atoms with E-state index in [1.165, 1.54) is 12.8 Å². The van der Waals surface area contributed by atoms with Crippen molar-refractivity contribution >= 4 is 7.52 Å². The van der Waals surface area contributed by atoms with Crippen LogP contribution in [0.2, 0.25) is 0 Å². The first-order chi connectivity index (χ1) is 11.6. The van der Waals surface area contributed by atoms with Gasteiger partial charge in [-0.3, -0.25) is 4.57 Å². The van der Waals surface area contributed by atoms with Gasteiger partial charge >= 0.3 is 0 Å². The molecule has 1 aromatic rings. The minimum atomic E-state index is -2.90. The van der Waals surface area contributed by atoms with Crippen molar-refractivity contribution in [1.82, 2.24) is 4.67 Å². The Morgan fingerprint density at radius 1 is 1.24 bits per heavy atom. The van der Waals surface area contributed by atoms with Crippen molar-refractivity contribution in [3.63, 3.8) is 0 Å². The first-order valence-corrected chi connectivity index (χ1v) is 11.4. The first kappa shape index (κ1) is 17.8. The molecule has 0 aromatic heterocycles. The molecule has 4 atom stereocenters. The summed E-state index contributed by atoms with van der Waals surface area (Å²) in [5.41, 5.74) is 1.38. The topological polar surface area (TPSA) is 29.5 Å². The van der Waals surface area contributed by atoms with Crippen molar-refractivity contribution in [2.75, 3.05) is 6.54 Å². The molecule has 1 saturated heterocycles. The van der Waals surface area contributed by atoms with E-state index in [4.69, 9.17) is 4.52 Å². The van der Waals surface area contributed by atoms with Crippen LogP contribution in [0.4, 0.5) is 0 Å². The summed E-state index contributed by atoms with van der Waals surface area (Å²) in [5, 5.41) is 0. The lowest BCUT2D eigenvalue weighted by molar-refractivity contribution is -0.0525. The second kappa shape index (κ2) is 5.44. The maximum absolute atomic E-state index is 14.1. The normalized spacial score (nSPS) is 40.2. The summed E-state index contributed by atoms with van der Waals surface area (Å²) >= 11 is 0. The van der Waals surface area contributed by atoms with Crippen molar-refractivity contribution in [2.45, 2.75) is 71.7 Å². The smallest absolute Gasteiger partial charge is 0.277 e. The Balaban J connectivity index is 1.73. The molecular weight excluding hydrogens is 329 g/mol. The van der Waals surface area contributed by atoms with Gasteiger partial charge in [0.05, 0.1) is 12.3 Å². The Hall–Kier alpha value is -0.630. The first-order valence-electron chi connectivity index (χ1n) is 9.68. The van der Waals surface area contributed by atoms with Crippen LogP contribution in [0.15, 0.2) is 30.3 Å². The zero-order valence-corrected chi connectivity index (χ0v) is 17.2. The van der Waals surface area contributed by atoms with E-state index in [1.807, 2.05) is 18.2 Å². The molecule has 2 saturated carbocycles. The van der Waals surface area contributed by atoms with Gasteiger partial charge in [-0.05, 0) is 56.9 Å². The second-order valence-corrected chi connectivity index (χ2v) is 12.2. The molecule has 4 heteroatoms. The van der Waals surface area contributed by atoms with Crippen molar-refractivity contribution < 1.29 is 9.09 Å². The Bertz CT molecular complexity index is 708. The number of rotatable bonds is 2. The monoisotopic (exact) mass is 361 g/mol. The Labute approximate surface area is 152 Å². The third-order valence-corrected chi connectivity index (χ3v) is 10.3. The number of fused-ring (bicyclic) bond motifs is 1. The molecule has 1 aromatic carbocycles. The predicted molar refractivity (Wildman–Crippen MR) is 103 cm³/mol.